The van der Waals surface area contributed by atoms with Crippen molar-refractivity contribution in [2.45, 2.75) is 116 Å². The maximum atomic E-state index is 10.7. The molecule has 0 aliphatic heterocycles. The summed E-state index contributed by atoms with van der Waals surface area (Å²) in [5.41, 5.74) is 6.25. The Morgan fingerprint density at radius 1 is 0.606 bits per heavy atom. The quantitative estimate of drug-likeness (QED) is 0.154. The van der Waals surface area contributed by atoms with Crippen molar-refractivity contribution < 1.29 is 5.21 Å². The van der Waals surface area contributed by atoms with Crippen molar-refractivity contribution in [3.05, 3.63) is 53.6 Å². The van der Waals surface area contributed by atoms with E-state index in [-0.39, 0.29) is 0 Å². The lowest BCUT2D eigenvalue weighted by atomic mass is 10.0. The molecule has 0 spiro atoms. The molecule has 33 heavy (non-hydrogen) atoms. The molecule has 0 unspecified atom stereocenters. The van der Waals surface area contributed by atoms with Crippen molar-refractivity contribution in [1.82, 2.24) is 0 Å². The number of hydroxylamine groups is 1. The Bertz CT molecular complexity index is 799. The third kappa shape index (κ3) is 8.49. The van der Waals surface area contributed by atoms with Crippen LogP contribution in [-0.4, -0.2) is 11.8 Å². The fraction of sp³-hybridized carbons (Fsp3) is 0.613. The zero-order valence-corrected chi connectivity index (χ0v) is 21.2. The van der Waals surface area contributed by atoms with Crippen molar-refractivity contribution in [3.8, 4) is 11.1 Å². The van der Waals surface area contributed by atoms with Gasteiger partial charge >= 0.3 is 0 Å². The summed E-state index contributed by atoms with van der Waals surface area (Å²) in [5, 5.41) is 12.2. The number of hydrogen-bond donors (Lipinski definition) is 1. The summed E-state index contributed by atoms with van der Waals surface area (Å²) >= 11 is 0. The number of rotatable bonds is 18. The number of nitrogens with zero attached hydrogens (tertiary/aromatic N) is 1. The molecule has 0 heterocycles. The van der Waals surface area contributed by atoms with Crippen LogP contribution in [0.4, 0.5) is 5.69 Å². The second-order valence-electron chi connectivity index (χ2n) is 10.1. The van der Waals surface area contributed by atoms with Crippen LogP contribution in [0.1, 0.15) is 121 Å². The highest BCUT2D eigenvalue weighted by Gasteiger charge is 2.22. The molecule has 1 aliphatic rings. The second-order valence-corrected chi connectivity index (χ2v) is 10.1. The maximum absolute atomic E-state index is 10.7. The molecule has 2 aromatic rings. The van der Waals surface area contributed by atoms with Crippen LogP contribution in [-0.2, 0) is 6.42 Å². The van der Waals surface area contributed by atoms with E-state index in [1.54, 1.807) is 0 Å². The van der Waals surface area contributed by atoms with Crippen LogP contribution in [0.25, 0.3) is 11.1 Å². The van der Waals surface area contributed by atoms with Crippen molar-refractivity contribution in [2.75, 3.05) is 11.6 Å². The minimum atomic E-state index is 0.727. The highest BCUT2D eigenvalue weighted by atomic mass is 16.5. The first-order valence-corrected chi connectivity index (χ1v) is 14.0. The fourth-order valence-electron chi connectivity index (χ4n) is 5.31. The van der Waals surface area contributed by atoms with Gasteiger partial charge < -0.3 is 0 Å². The first-order chi connectivity index (χ1) is 16.3. The first kappa shape index (κ1) is 25.8. The number of fused-ring (bicyclic) bond motifs is 3. The molecule has 2 nitrogen and oxygen atoms in total. The van der Waals surface area contributed by atoms with E-state index in [0.717, 1.165) is 25.1 Å². The summed E-state index contributed by atoms with van der Waals surface area (Å²) < 4.78 is 0. The van der Waals surface area contributed by atoms with Crippen molar-refractivity contribution in [2.24, 2.45) is 0 Å². The van der Waals surface area contributed by atoms with Gasteiger partial charge in [0.05, 0.1) is 5.69 Å². The lowest BCUT2D eigenvalue weighted by Gasteiger charge is -2.20. The van der Waals surface area contributed by atoms with Gasteiger partial charge in [-0.25, -0.2) is 0 Å². The Kier molecular flexibility index (Phi) is 11.9. The van der Waals surface area contributed by atoms with E-state index in [4.69, 9.17) is 0 Å². The van der Waals surface area contributed by atoms with Crippen LogP contribution in [0.2, 0.25) is 0 Å². The van der Waals surface area contributed by atoms with Gasteiger partial charge in [-0.1, -0.05) is 140 Å². The Labute approximate surface area is 203 Å². The molecule has 1 N–H and O–H groups in total. The van der Waals surface area contributed by atoms with Gasteiger partial charge in [0.15, 0.2) is 0 Å². The lowest BCUT2D eigenvalue weighted by Crippen LogP contribution is -2.20. The SMILES string of the molecule is CCCCCCCCCCCCCCCCCCN(O)c1cccc2c1Cc1ccccc1-2. The average molecular weight is 450 g/mol. The predicted molar refractivity (Wildman–Crippen MR) is 143 cm³/mol. The summed E-state index contributed by atoms with van der Waals surface area (Å²) in [5.74, 6) is 0. The second kappa shape index (κ2) is 15.2. The predicted octanol–water partition coefficient (Wildman–Crippen LogP) is 9.71. The Hall–Kier alpha value is -1.80. The van der Waals surface area contributed by atoms with Gasteiger partial charge in [0, 0.05) is 13.0 Å². The van der Waals surface area contributed by atoms with Crippen LogP contribution in [0.3, 0.4) is 0 Å². The molecule has 0 bridgehead atoms. The largest absolute Gasteiger partial charge is 0.288 e. The Morgan fingerprint density at radius 3 is 1.73 bits per heavy atom. The van der Waals surface area contributed by atoms with Crippen molar-refractivity contribution in [3.63, 3.8) is 0 Å². The molecule has 2 heteroatoms. The third-order valence-corrected chi connectivity index (χ3v) is 7.33. The van der Waals surface area contributed by atoms with Crippen LogP contribution in [0.15, 0.2) is 42.5 Å². The van der Waals surface area contributed by atoms with E-state index in [0.29, 0.717) is 0 Å². The van der Waals surface area contributed by atoms with E-state index in [1.165, 1.54) is 124 Å². The van der Waals surface area contributed by atoms with Gasteiger partial charge in [-0.05, 0) is 34.7 Å². The summed E-state index contributed by atoms with van der Waals surface area (Å²) in [4.78, 5) is 0. The molecule has 0 saturated carbocycles. The minimum absolute atomic E-state index is 0.727. The monoisotopic (exact) mass is 449 g/mol. The molecule has 1 aliphatic carbocycles. The molecule has 0 saturated heterocycles. The zero-order chi connectivity index (χ0) is 23.1. The van der Waals surface area contributed by atoms with E-state index < -0.39 is 0 Å². The Morgan fingerprint density at radius 2 is 1.12 bits per heavy atom. The molecule has 0 amide bonds. The number of hydrogen-bond acceptors (Lipinski definition) is 2. The van der Waals surface area contributed by atoms with Gasteiger partial charge in [0.25, 0.3) is 0 Å². The van der Waals surface area contributed by atoms with E-state index in [2.05, 4.69) is 49.4 Å². The summed E-state index contributed by atoms with van der Waals surface area (Å²) in [6.07, 6.45) is 22.9. The van der Waals surface area contributed by atoms with Crippen molar-refractivity contribution >= 4 is 5.69 Å². The van der Waals surface area contributed by atoms with Gasteiger partial charge in [0.1, 0.15) is 0 Å². The van der Waals surface area contributed by atoms with Crippen LogP contribution in [0, 0.1) is 0 Å². The fourth-order valence-corrected chi connectivity index (χ4v) is 5.31. The van der Waals surface area contributed by atoms with Gasteiger partial charge in [0.2, 0.25) is 0 Å². The Balaban J connectivity index is 1.19. The molecule has 182 valence electrons. The maximum Gasteiger partial charge on any atom is 0.0675 e. The number of anilines is 1. The first-order valence-electron chi connectivity index (χ1n) is 14.0. The summed E-state index contributed by atoms with van der Waals surface area (Å²) in [6, 6.07) is 14.9. The standard InChI is InChI=1S/C31H47NO/c1-2-3-4-5-6-7-8-9-10-11-12-13-14-15-16-19-25-32(33)31-24-20-23-29-28-22-18-17-21-27(28)26-30(29)31/h17-18,20-24,33H,2-16,19,25-26H2,1H3. The molecule has 0 fully saturated rings. The lowest BCUT2D eigenvalue weighted by molar-refractivity contribution is 0.250. The molecular formula is C31H47NO. The van der Waals surface area contributed by atoms with Gasteiger partial charge in [-0.2, -0.15) is 0 Å². The zero-order valence-electron chi connectivity index (χ0n) is 21.2. The molecule has 0 aromatic heterocycles. The summed E-state index contributed by atoms with van der Waals surface area (Å²) in [6.45, 7) is 3.02. The van der Waals surface area contributed by atoms with E-state index >= 15 is 0 Å². The number of benzene rings is 2. The van der Waals surface area contributed by atoms with Crippen LogP contribution in [0.5, 0.6) is 0 Å². The van der Waals surface area contributed by atoms with Gasteiger partial charge in [-0.15, -0.1) is 0 Å². The van der Waals surface area contributed by atoms with E-state index in [9.17, 15) is 5.21 Å². The van der Waals surface area contributed by atoms with Gasteiger partial charge in [-0.3, -0.25) is 10.3 Å². The average Bonchev–Trinajstić information content (AvgIpc) is 3.22. The highest BCUT2D eigenvalue weighted by molar-refractivity contribution is 5.81. The molecule has 0 radical (unpaired) electrons. The molecular weight excluding hydrogens is 402 g/mol. The normalized spacial score (nSPS) is 12.1. The smallest absolute Gasteiger partial charge is 0.0675 e. The molecule has 2 aromatic carbocycles. The molecule has 0 atom stereocenters. The van der Waals surface area contributed by atoms with Crippen LogP contribution < -0.4 is 5.06 Å². The molecule has 3 rings (SSSR count). The van der Waals surface area contributed by atoms with E-state index in [1.807, 2.05) is 0 Å². The van der Waals surface area contributed by atoms with Crippen LogP contribution >= 0.6 is 0 Å². The third-order valence-electron chi connectivity index (χ3n) is 7.33. The highest BCUT2D eigenvalue weighted by Crippen LogP contribution is 2.40. The number of unbranched alkanes of at least 4 members (excludes halogenated alkanes) is 15. The topological polar surface area (TPSA) is 23.5 Å². The minimum Gasteiger partial charge on any atom is -0.288 e. The van der Waals surface area contributed by atoms with Crippen molar-refractivity contribution in [1.29, 1.82) is 0 Å². The summed E-state index contributed by atoms with van der Waals surface area (Å²) in [7, 11) is 0.